The van der Waals surface area contributed by atoms with Crippen molar-refractivity contribution >= 4 is 53.5 Å². The molecule has 0 aromatic carbocycles. The second-order valence-corrected chi connectivity index (χ2v) is 9.01. The summed E-state index contributed by atoms with van der Waals surface area (Å²) in [5, 5.41) is -1.13. The van der Waals surface area contributed by atoms with Crippen LogP contribution in [0.25, 0.3) is 0 Å². The molecule has 0 aliphatic carbocycles. The number of carbonyl (C=O) groups is 7. The number of ether oxygens (including phenoxy) is 6. The first kappa shape index (κ1) is 31.7. The molecule has 1 saturated heterocycles. The minimum Gasteiger partial charge on any atom is -0.467 e. The number of hydrogen-bond acceptors (Lipinski definition) is 14. The van der Waals surface area contributed by atoms with Crippen molar-refractivity contribution in [2.45, 2.75) is 77.4 Å². The summed E-state index contributed by atoms with van der Waals surface area (Å²) in [6.07, 6.45) is -6.40. The number of thioether (sulfide) groups is 1. The molecule has 37 heavy (non-hydrogen) atoms. The Labute approximate surface area is 217 Å². The predicted octanol–water partition coefficient (Wildman–Crippen LogP) is -0.261. The van der Waals surface area contributed by atoms with Gasteiger partial charge in [-0.1, -0.05) is 0 Å². The van der Waals surface area contributed by atoms with Crippen molar-refractivity contribution in [1.82, 2.24) is 4.90 Å². The third-order valence-electron chi connectivity index (χ3n) is 4.84. The summed E-state index contributed by atoms with van der Waals surface area (Å²) in [6, 6.07) is -1.06. The second kappa shape index (κ2) is 14.4. The molecule has 1 aliphatic heterocycles. The van der Waals surface area contributed by atoms with Crippen molar-refractivity contribution in [3.8, 4) is 0 Å². The Morgan fingerprint density at radius 2 is 1.27 bits per heavy atom. The highest BCUT2D eigenvalue weighted by Crippen LogP contribution is 2.37. The molecule has 0 unspecified atom stereocenters. The highest BCUT2D eigenvalue weighted by molar-refractivity contribution is 8.00. The van der Waals surface area contributed by atoms with Crippen LogP contribution in [-0.2, 0) is 62.0 Å². The fourth-order valence-corrected chi connectivity index (χ4v) is 5.18. The fraction of sp³-hybridized carbons (Fsp3) is 0.682. The highest BCUT2D eigenvalue weighted by atomic mass is 32.2. The first-order valence-electron chi connectivity index (χ1n) is 11.0. The topological polar surface area (TPSA) is 178 Å². The van der Waals surface area contributed by atoms with Crippen LogP contribution in [0.15, 0.2) is 0 Å². The van der Waals surface area contributed by atoms with Gasteiger partial charge in [0.15, 0.2) is 24.4 Å². The first-order chi connectivity index (χ1) is 17.2. The Hall–Kier alpha value is -3.36. The van der Waals surface area contributed by atoms with E-state index in [-0.39, 0.29) is 5.75 Å². The van der Waals surface area contributed by atoms with E-state index >= 15 is 0 Å². The van der Waals surface area contributed by atoms with Crippen LogP contribution in [0.2, 0.25) is 0 Å². The molecule has 1 amide bonds. The summed E-state index contributed by atoms with van der Waals surface area (Å²) in [6.45, 7) is 5.79. The van der Waals surface area contributed by atoms with Gasteiger partial charge < -0.3 is 33.3 Å². The van der Waals surface area contributed by atoms with E-state index in [4.69, 9.17) is 28.4 Å². The average Bonchev–Trinajstić information content (AvgIpc) is 3.21. The van der Waals surface area contributed by atoms with Crippen LogP contribution in [0.4, 0.5) is 0 Å². The molecule has 0 N–H and O–H groups in total. The van der Waals surface area contributed by atoms with E-state index in [9.17, 15) is 33.6 Å². The van der Waals surface area contributed by atoms with E-state index in [1.54, 1.807) is 0 Å². The average molecular weight is 550 g/mol. The largest absolute Gasteiger partial charge is 0.467 e. The van der Waals surface area contributed by atoms with Crippen molar-refractivity contribution in [3.63, 3.8) is 0 Å². The van der Waals surface area contributed by atoms with Crippen molar-refractivity contribution < 1.29 is 62.0 Å². The summed E-state index contributed by atoms with van der Waals surface area (Å²) in [4.78, 5) is 85.6. The lowest BCUT2D eigenvalue weighted by Crippen LogP contribution is -2.59. The molecule has 208 valence electrons. The SMILES string of the molecule is COC(=O)[C@@H]1CS[C@@H]([C@H](OC(C)=O)[C@@H](OC(C)=O)[C@@H](OC(C)=O)[C@@H](COC(C)=O)OC(C)=O)N1C(C)=O. The maximum absolute atomic E-state index is 12.6. The fourth-order valence-electron chi connectivity index (χ4n) is 3.64. The molecule has 0 saturated carbocycles. The molecule has 0 spiro atoms. The van der Waals surface area contributed by atoms with Crippen LogP contribution in [0.3, 0.4) is 0 Å². The quantitative estimate of drug-likeness (QED) is 0.243. The van der Waals surface area contributed by atoms with Gasteiger partial charge in [0.05, 0.1) is 7.11 Å². The molecular formula is C22H31NO13S. The normalized spacial score (nSPS) is 19.9. The minimum atomic E-state index is -1.68. The third-order valence-corrected chi connectivity index (χ3v) is 6.19. The van der Waals surface area contributed by atoms with Gasteiger partial charge in [0.1, 0.15) is 18.0 Å². The van der Waals surface area contributed by atoms with Crippen LogP contribution in [0.1, 0.15) is 41.5 Å². The number of hydrogen-bond donors (Lipinski definition) is 0. The summed E-state index contributed by atoms with van der Waals surface area (Å²) < 4.78 is 31.1. The van der Waals surface area contributed by atoms with E-state index in [0.717, 1.165) is 58.4 Å². The zero-order valence-electron chi connectivity index (χ0n) is 21.5. The van der Waals surface area contributed by atoms with Crippen LogP contribution < -0.4 is 0 Å². The molecule has 0 radical (unpaired) electrons. The number of methoxy groups -OCH3 is 1. The number of carbonyl (C=O) groups excluding carboxylic acids is 7. The molecule has 1 aliphatic rings. The Kier molecular flexibility index (Phi) is 12.3. The smallest absolute Gasteiger partial charge is 0.329 e. The van der Waals surface area contributed by atoms with Crippen LogP contribution in [-0.4, -0.2) is 102 Å². The maximum Gasteiger partial charge on any atom is 0.329 e. The molecular weight excluding hydrogens is 518 g/mol. The molecule has 0 bridgehead atoms. The Morgan fingerprint density at radius 1 is 0.757 bits per heavy atom. The van der Waals surface area contributed by atoms with Crippen molar-refractivity contribution in [2.75, 3.05) is 19.5 Å². The number of nitrogens with zero attached hydrogens (tertiary/aromatic N) is 1. The maximum atomic E-state index is 12.6. The van der Waals surface area contributed by atoms with Crippen LogP contribution in [0.5, 0.6) is 0 Å². The van der Waals surface area contributed by atoms with Gasteiger partial charge in [0, 0.05) is 47.3 Å². The van der Waals surface area contributed by atoms with Crippen LogP contribution in [0, 0.1) is 0 Å². The number of amides is 1. The molecule has 0 aromatic heterocycles. The van der Waals surface area contributed by atoms with Gasteiger partial charge in [-0.05, 0) is 0 Å². The van der Waals surface area contributed by atoms with Gasteiger partial charge in [-0.15, -0.1) is 11.8 Å². The van der Waals surface area contributed by atoms with E-state index in [1.807, 2.05) is 0 Å². The van der Waals surface area contributed by atoms with Gasteiger partial charge in [-0.3, -0.25) is 28.8 Å². The molecule has 15 heteroatoms. The number of esters is 6. The first-order valence-corrected chi connectivity index (χ1v) is 12.0. The molecule has 1 rings (SSSR count). The lowest BCUT2D eigenvalue weighted by Gasteiger charge is -2.39. The third kappa shape index (κ3) is 9.55. The van der Waals surface area contributed by atoms with Crippen LogP contribution >= 0.6 is 11.8 Å². The lowest BCUT2D eigenvalue weighted by molar-refractivity contribution is -0.205. The zero-order chi connectivity index (χ0) is 28.4. The second-order valence-electron chi connectivity index (χ2n) is 7.86. The minimum absolute atomic E-state index is 0.0422. The Balaban J connectivity index is 3.70. The predicted molar refractivity (Wildman–Crippen MR) is 123 cm³/mol. The molecule has 6 atom stereocenters. The molecule has 0 aromatic rings. The zero-order valence-corrected chi connectivity index (χ0v) is 22.4. The van der Waals surface area contributed by atoms with Gasteiger partial charge in [-0.25, -0.2) is 4.79 Å². The van der Waals surface area contributed by atoms with Crippen molar-refractivity contribution in [1.29, 1.82) is 0 Å². The van der Waals surface area contributed by atoms with Gasteiger partial charge in [-0.2, -0.15) is 0 Å². The molecule has 1 fully saturated rings. The molecule has 1 heterocycles. The van der Waals surface area contributed by atoms with Crippen molar-refractivity contribution in [2.24, 2.45) is 0 Å². The summed E-state index contributed by atoms with van der Waals surface area (Å²) in [5.41, 5.74) is 0. The van der Waals surface area contributed by atoms with Gasteiger partial charge in [0.2, 0.25) is 5.91 Å². The highest BCUT2D eigenvalue weighted by Gasteiger charge is 2.53. The standard InChI is InChI=1S/C22H31NO13S/c1-10(24)23-16(22(30)31-7)9-37-21(23)20(36-15(6)29)19(35-14(5)28)18(34-13(4)27)17(33-12(3)26)8-32-11(2)25/h16-21H,8-9H2,1-7H3/t16-,17+,18-,19-,20+,21-/m0/s1. The van der Waals surface area contributed by atoms with Gasteiger partial charge >= 0.3 is 35.8 Å². The van der Waals surface area contributed by atoms with E-state index in [2.05, 4.69) is 0 Å². The summed E-state index contributed by atoms with van der Waals surface area (Å²) >= 11 is 1.02. The Bertz CT molecular complexity index is 907. The van der Waals surface area contributed by atoms with E-state index in [0.29, 0.717) is 0 Å². The van der Waals surface area contributed by atoms with Crippen molar-refractivity contribution in [3.05, 3.63) is 0 Å². The van der Waals surface area contributed by atoms with E-state index < -0.39 is 84.2 Å². The molecule has 14 nitrogen and oxygen atoms in total. The van der Waals surface area contributed by atoms with E-state index in [1.165, 1.54) is 6.92 Å². The Morgan fingerprint density at radius 3 is 1.70 bits per heavy atom. The summed E-state index contributed by atoms with van der Waals surface area (Å²) in [7, 11) is 1.14. The monoisotopic (exact) mass is 549 g/mol. The summed E-state index contributed by atoms with van der Waals surface area (Å²) in [5.74, 6) is -5.57. The number of rotatable bonds is 11. The lowest BCUT2D eigenvalue weighted by atomic mass is 10.0. The van der Waals surface area contributed by atoms with Gasteiger partial charge in [0.25, 0.3) is 0 Å².